The Labute approximate surface area is 162 Å². The van der Waals surface area contributed by atoms with Gasteiger partial charge in [0.15, 0.2) is 5.82 Å². The molecule has 0 aliphatic heterocycles. The van der Waals surface area contributed by atoms with Gasteiger partial charge in [0, 0.05) is 12.7 Å². The van der Waals surface area contributed by atoms with Crippen molar-refractivity contribution < 1.29 is 9.53 Å². The number of carbonyl (C=O) groups excluding carboxylic acids is 1. The van der Waals surface area contributed by atoms with Gasteiger partial charge in [0.25, 0.3) is 0 Å². The largest absolute Gasteiger partial charge is 0.496 e. The lowest BCUT2D eigenvalue weighted by molar-refractivity contribution is -0.117. The van der Waals surface area contributed by atoms with E-state index in [9.17, 15) is 4.79 Å². The van der Waals surface area contributed by atoms with Crippen LogP contribution in [0.15, 0.2) is 59.8 Å². The molecule has 1 unspecified atom stereocenters. The van der Waals surface area contributed by atoms with Gasteiger partial charge in [-0.2, -0.15) is 0 Å². The molecule has 2 aromatic carbocycles. The summed E-state index contributed by atoms with van der Waals surface area (Å²) >= 11 is 1.26. The van der Waals surface area contributed by atoms with Gasteiger partial charge in [0.05, 0.1) is 17.9 Å². The summed E-state index contributed by atoms with van der Waals surface area (Å²) in [5.41, 5.74) is 1.57. The van der Waals surface area contributed by atoms with E-state index in [-0.39, 0.29) is 11.2 Å². The van der Waals surface area contributed by atoms with E-state index in [1.165, 1.54) is 16.4 Å². The second-order valence-corrected chi connectivity index (χ2v) is 7.18. The van der Waals surface area contributed by atoms with Crippen LogP contribution < -0.4 is 15.5 Å². The molecule has 0 saturated heterocycles. The van der Waals surface area contributed by atoms with Crippen LogP contribution in [0.4, 0.5) is 5.69 Å². The van der Waals surface area contributed by atoms with Gasteiger partial charge in [-0.15, -0.1) is 10.2 Å². The molecule has 0 bridgehead atoms. The number of amides is 1. The molecule has 140 valence electrons. The number of para-hydroxylation sites is 2. The minimum atomic E-state index is -0.382. The lowest BCUT2D eigenvalue weighted by Crippen LogP contribution is -2.33. The van der Waals surface area contributed by atoms with E-state index in [0.717, 1.165) is 11.3 Å². The monoisotopic (exact) mass is 383 g/mol. The van der Waals surface area contributed by atoms with Gasteiger partial charge < -0.3 is 15.5 Å². The molecule has 0 aliphatic rings. The molecule has 27 heavy (non-hydrogen) atoms. The third-order valence-corrected chi connectivity index (χ3v) is 5.16. The standard InChI is InChI=1S/C19H21N5O2S/c1-13(18(25)23(2)14-9-5-4-6-10-14)27-19-22-21-17(24(19)20)15-11-7-8-12-16(15)26-3/h4-13H,20H2,1-3H3. The summed E-state index contributed by atoms with van der Waals surface area (Å²) in [5, 5.41) is 8.39. The molecule has 0 fully saturated rings. The number of anilines is 1. The number of nitrogen functional groups attached to an aromatic ring is 1. The fourth-order valence-corrected chi connectivity index (χ4v) is 3.49. The summed E-state index contributed by atoms with van der Waals surface area (Å²) in [4.78, 5) is 14.3. The second-order valence-electron chi connectivity index (χ2n) is 5.87. The maximum absolute atomic E-state index is 12.7. The molecule has 1 amide bonds. The number of hydrogen-bond acceptors (Lipinski definition) is 6. The molecule has 1 aromatic heterocycles. The van der Waals surface area contributed by atoms with E-state index in [2.05, 4.69) is 10.2 Å². The summed E-state index contributed by atoms with van der Waals surface area (Å²) in [5.74, 6) is 7.27. The Morgan fingerprint density at radius 2 is 1.81 bits per heavy atom. The quantitative estimate of drug-likeness (QED) is 0.520. The number of ether oxygens (including phenoxy) is 1. The highest BCUT2D eigenvalue weighted by atomic mass is 32.2. The Kier molecular flexibility index (Phi) is 5.66. The molecule has 0 spiro atoms. The number of methoxy groups -OCH3 is 1. The maximum Gasteiger partial charge on any atom is 0.240 e. The van der Waals surface area contributed by atoms with Crippen LogP contribution in [-0.2, 0) is 4.79 Å². The van der Waals surface area contributed by atoms with Crippen molar-refractivity contribution >= 4 is 23.4 Å². The van der Waals surface area contributed by atoms with E-state index in [1.54, 1.807) is 19.1 Å². The lowest BCUT2D eigenvalue weighted by Gasteiger charge is -2.20. The molecule has 8 heteroatoms. The number of nitrogens with two attached hydrogens (primary N) is 1. The fraction of sp³-hybridized carbons (Fsp3) is 0.211. The van der Waals surface area contributed by atoms with Crippen molar-refractivity contribution in [3.8, 4) is 17.1 Å². The van der Waals surface area contributed by atoms with Crippen LogP contribution >= 0.6 is 11.8 Å². The number of carbonyl (C=O) groups is 1. The van der Waals surface area contributed by atoms with Crippen LogP contribution in [0.1, 0.15) is 6.92 Å². The molecule has 1 heterocycles. The number of hydrogen-bond donors (Lipinski definition) is 1. The second kappa shape index (κ2) is 8.13. The first-order valence-electron chi connectivity index (χ1n) is 8.36. The van der Waals surface area contributed by atoms with Crippen LogP contribution in [0.3, 0.4) is 0 Å². The predicted octanol–water partition coefficient (Wildman–Crippen LogP) is 2.81. The van der Waals surface area contributed by atoms with Crippen molar-refractivity contribution in [3.05, 3.63) is 54.6 Å². The number of rotatable bonds is 6. The van der Waals surface area contributed by atoms with Crippen LogP contribution in [0.2, 0.25) is 0 Å². The van der Waals surface area contributed by atoms with Gasteiger partial charge in [-0.05, 0) is 31.2 Å². The average Bonchev–Trinajstić information content (AvgIpc) is 3.07. The molecule has 2 N–H and O–H groups in total. The van der Waals surface area contributed by atoms with Crippen molar-refractivity contribution in [2.75, 3.05) is 24.9 Å². The zero-order valence-electron chi connectivity index (χ0n) is 15.4. The van der Waals surface area contributed by atoms with Gasteiger partial charge in [-0.1, -0.05) is 42.1 Å². The molecule has 1 atom stereocenters. The Hall–Kier alpha value is -3.00. The third-order valence-electron chi connectivity index (χ3n) is 4.12. The first-order chi connectivity index (χ1) is 13.0. The zero-order valence-corrected chi connectivity index (χ0v) is 16.2. The van der Waals surface area contributed by atoms with E-state index < -0.39 is 0 Å². The molecular weight excluding hydrogens is 362 g/mol. The highest BCUT2D eigenvalue weighted by Crippen LogP contribution is 2.31. The van der Waals surface area contributed by atoms with Gasteiger partial charge in [-0.25, -0.2) is 4.68 Å². The number of aromatic nitrogens is 3. The number of benzene rings is 2. The predicted molar refractivity (Wildman–Crippen MR) is 107 cm³/mol. The molecule has 3 aromatic rings. The number of nitrogens with zero attached hydrogens (tertiary/aromatic N) is 4. The first kappa shape index (κ1) is 18.8. The minimum Gasteiger partial charge on any atom is -0.496 e. The normalized spacial score (nSPS) is 11.8. The van der Waals surface area contributed by atoms with Crippen molar-refractivity contribution in [2.45, 2.75) is 17.3 Å². The summed E-state index contributed by atoms with van der Waals surface area (Å²) in [6, 6.07) is 16.9. The molecule has 3 rings (SSSR count). The van der Waals surface area contributed by atoms with E-state index >= 15 is 0 Å². The molecular formula is C19H21N5O2S. The molecule has 0 aliphatic carbocycles. The van der Waals surface area contributed by atoms with E-state index in [0.29, 0.717) is 16.7 Å². The SMILES string of the molecule is COc1ccccc1-c1nnc(SC(C)C(=O)N(C)c2ccccc2)n1N. The van der Waals surface area contributed by atoms with Gasteiger partial charge in [-0.3, -0.25) is 4.79 Å². The average molecular weight is 383 g/mol. The fourth-order valence-electron chi connectivity index (χ4n) is 2.63. The summed E-state index contributed by atoms with van der Waals surface area (Å²) < 4.78 is 6.74. The van der Waals surface area contributed by atoms with Crippen LogP contribution in [0, 0.1) is 0 Å². The highest BCUT2D eigenvalue weighted by molar-refractivity contribution is 8.00. The Balaban J connectivity index is 1.78. The summed E-state index contributed by atoms with van der Waals surface area (Å²) in [6.07, 6.45) is 0. The Morgan fingerprint density at radius 3 is 2.52 bits per heavy atom. The van der Waals surface area contributed by atoms with Crippen LogP contribution in [0.25, 0.3) is 11.4 Å². The summed E-state index contributed by atoms with van der Waals surface area (Å²) in [7, 11) is 3.34. The maximum atomic E-state index is 12.7. The van der Waals surface area contributed by atoms with E-state index in [4.69, 9.17) is 10.6 Å². The van der Waals surface area contributed by atoms with Crippen LogP contribution in [-0.4, -0.2) is 40.2 Å². The zero-order chi connectivity index (χ0) is 19.4. The molecule has 7 nitrogen and oxygen atoms in total. The third kappa shape index (κ3) is 3.90. The lowest BCUT2D eigenvalue weighted by atomic mass is 10.2. The Morgan fingerprint density at radius 1 is 1.15 bits per heavy atom. The van der Waals surface area contributed by atoms with Gasteiger partial charge in [0.2, 0.25) is 11.1 Å². The topological polar surface area (TPSA) is 86.3 Å². The summed E-state index contributed by atoms with van der Waals surface area (Å²) in [6.45, 7) is 1.82. The molecule has 0 radical (unpaired) electrons. The van der Waals surface area contributed by atoms with Gasteiger partial charge in [0.1, 0.15) is 5.75 Å². The first-order valence-corrected chi connectivity index (χ1v) is 9.24. The minimum absolute atomic E-state index is 0.0481. The van der Waals surface area contributed by atoms with Crippen molar-refractivity contribution in [1.29, 1.82) is 0 Å². The Bertz CT molecular complexity index is 929. The number of thioether (sulfide) groups is 1. The van der Waals surface area contributed by atoms with Crippen molar-refractivity contribution in [2.24, 2.45) is 0 Å². The molecule has 0 saturated carbocycles. The smallest absolute Gasteiger partial charge is 0.240 e. The van der Waals surface area contributed by atoms with Crippen molar-refractivity contribution in [1.82, 2.24) is 14.9 Å². The van der Waals surface area contributed by atoms with E-state index in [1.807, 2.05) is 61.5 Å². The highest BCUT2D eigenvalue weighted by Gasteiger charge is 2.24. The van der Waals surface area contributed by atoms with Crippen molar-refractivity contribution in [3.63, 3.8) is 0 Å². The van der Waals surface area contributed by atoms with Crippen LogP contribution in [0.5, 0.6) is 5.75 Å². The van der Waals surface area contributed by atoms with Gasteiger partial charge >= 0.3 is 0 Å².